The van der Waals surface area contributed by atoms with Crippen LogP contribution in [-0.4, -0.2) is 83.8 Å². The molecule has 0 bridgehead atoms. The quantitative estimate of drug-likeness (QED) is 0.526. The first-order valence-corrected chi connectivity index (χ1v) is 11.1. The third-order valence-electron chi connectivity index (χ3n) is 5.84. The standard InChI is InChI=1S/C21H30ClN5O4/c1-15-9-16(2)12-26(11-15)21(29)14-25-7-5-24(6-8-25)13-20(28)23-18-10-17(22)3-4-19(18)27(30)31/h3-4,10,15-16H,5-9,11-14H2,1-2H3,(H,23,28). The van der Waals surface area contributed by atoms with Crippen molar-refractivity contribution in [1.29, 1.82) is 0 Å². The van der Waals surface area contributed by atoms with Gasteiger partial charge in [0.15, 0.2) is 0 Å². The molecule has 1 N–H and O–H groups in total. The molecule has 170 valence electrons. The van der Waals surface area contributed by atoms with E-state index in [1.54, 1.807) is 0 Å². The Labute approximate surface area is 187 Å². The lowest BCUT2D eigenvalue weighted by atomic mass is 9.92. The number of hydrogen-bond donors (Lipinski definition) is 1. The van der Waals surface area contributed by atoms with E-state index in [1.807, 2.05) is 9.80 Å². The average Bonchev–Trinajstić information content (AvgIpc) is 2.68. The molecule has 2 fully saturated rings. The maximum atomic E-state index is 12.7. The maximum Gasteiger partial charge on any atom is 0.292 e. The van der Waals surface area contributed by atoms with E-state index in [1.165, 1.54) is 24.6 Å². The second-order valence-electron chi connectivity index (χ2n) is 8.76. The molecule has 10 heteroatoms. The van der Waals surface area contributed by atoms with Gasteiger partial charge in [0.05, 0.1) is 18.0 Å². The third kappa shape index (κ3) is 6.62. The van der Waals surface area contributed by atoms with Gasteiger partial charge in [0, 0.05) is 50.4 Å². The van der Waals surface area contributed by atoms with Crippen LogP contribution < -0.4 is 5.32 Å². The Kier molecular flexibility index (Phi) is 7.85. The molecule has 2 saturated heterocycles. The summed E-state index contributed by atoms with van der Waals surface area (Å²) in [7, 11) is 0. The molecule has 2 aliphatic heterocycles. The predicted molar refractivity (Wildman–Crippen MR) is 119 cm³/mol. The summed E-state index contributed by atoms with van der Waals surface area (Å²) in [6, 6.07) is 4.07. The summed E-state index contributed by atoms with van der Waals surface area (Å²) in [6.45, 7) is 9.31. The van der Waals surface area contributed by atoms with Crippen molar-refractivity contribution >= 4 is 34.8 Å². The second kappa shape index (κ2) is 10.4. The minimum Gasteiger partial charge on any atom is -0.341 e. The Hall–Kier alpha value is -2.23. The number of benzene rings is 1. The van der Waals surface area contributed by atoms with E-state index in [2.05, 4.69) is 24.1 Å². The fourth-order valence-electron chi connectivity index (χ4n) is 4.42. The molecular formula is C21H30ClN5O4. The highest BCUT2D eigenvalue weighted by Gasteiger charge is 2.28. The molecule has 0 aliphatic carbocycles. The van der Waals surface area contributed by atoms with Gasteiger partial charge >= 0.3 is 0 Å². The minimum atomic E-state index is -0.550. The number of nitrogens with zero attached hydrogens (tertiary/aromatic N) is 4. The summed E-state index contributed by atoms with van der Waals surface area (Å²) in [5, 5.41) is 14.1. The number of nitro groups is 1. The third-order valence-corrected chi connectivity index (χ3v) is 6.08. The summed E-state index contributed by atoms with van der Waals surface area (Å²) >= 11 is 5.91. The molecule has 1 aromatic carbocycles. The predicted octanol–water partition coefficient (Wildman–Crippen LogP) is 2.31. The molecule has 0 spiro atoms. The van der Waals surface area contributed by atoms with E-state index >= 15 is 0 Å². The molecule has 2 aliphatic rings. The monoisotopic (exact) mass is 451 g/mol. The van der Waals surface area contributed by atoms with E-state index in [0.717, 1.165) is 13.1 Å². The molecule has 2 atom stereocenters. The van der Waals surface area contributed by atoms with Crippen molar-refractivity contribution in [2.24, 2.45) is 11.8 Å². The fraction of sp³-hybridized carbons (Fsp3) is 0.619. The molecule has 2 amide bonds. The van der Waals surface area contributed by atoms with Crippen LogP contribution in [0.1, 0.15) is 20.3 Å². The van der Waals surface area contributed by atoms with Crippen molar-refractivity contribution in [3.63, 3.8) is 0 Å². The molecule has 31 heavy (non-hydrogen) atoms. The highest BCUT2D eigenvalue weighted by Crippen LogP contribution is 2.27. The Morgan fingerprint density at radius 2 is 1.68 bits per heavy atom. The number of rotatable bonds is 6. The number of halogens is 1. The Balaban J connectivity index is 1.45. The number of carbonyl (C=O) groups excluding carboxylic acids is 2. The van der Waals surface area contributed by atoms with Crippen molar-refractivity contribution in [3.8, 4) is 0 Å². The highest BCUT2D eigenvalue weighted by molar-refractivity contribution is 6.31. The molecule has 9 nitrogen and oxygen atoms in total. The number of piperidine rings is 1. The first-order chi connectivity index (χ1) is 14.7. The minimum absolute atomic E-state index is 0.0942. The Morgan fingerprint density at radius 1 is 1.10 bits per heavy atom. The molecule has 2 unspecified atom stereocenters. The van der Waals surface area contributed by atoms with E-state index < -0.39 is 4.92 Å². The Bertz CT molecular complexity index is 818. The number of nitro benzene ring substituents is 1. The first-order valence-electron chi connectivity index (χ1n) is 10.7. The zero-order chi connectivity index (χ0) is 22.5. The first kappa shape index (κ1) is 23.4. The lowest BCUT2D eigenvalue weighted by Gasteiger charge is -2.38. The Morgan fingerprint density at radius 3 is 2.26 bits per heavy atom. The van der Waals surface area contributed by atoms with Crippen LogP contribution in [0.5, 0.6) is 0 Å². The van der Waals surface area contributed by atoms with Crippen LogP contribution in [0.15, 0.2) is 18.2 Å². The number of nitrogens with one attached hydrogen (secondary N) is 1. The van der Waals surface area contributed by atoms with Gasteiger partial charge in [0.1, 0.15) is 5.69 Å². The molecule has 0 saturated carbocycles. The van der Waals surface area contributed by atoms with Gasteiger partial charge in [0.25, 0.3) is 5.69 Å². The summed E-state index contributed by atoms with van der Waals surface area (Å²) < 4.78 is 0. The largest absolute Gasteiger partial charge is 0.341 e. The van der Waals surface area contributed by atoms with Gasteiger partial charge in [0.2, 0.25) is 11.8 Å². The van der Waals surface area contributed by atoms with Crippen molar-refractivity contribution in [2.45, 2.75) is 20.3 Å². The van der Waals surface area contributed by atoms with Crippen LogP contribution >= 0.6 is 11.6 Å². The smallest absolute Gasteiger partial charge is 0.292 e. The number of hydrogen-bond acceptors (Lipinski definition) is 6. The zero-order valence-electron chi connectivity index (χ0n) is 18.1. The lowest BCUT2D eigenvalue weighted by molar-refractivity contribution is -0.383. The van der Waals surface area contributed by atoms with Gasteiger partial charge in [-0.3, -0.25) is 29.5 Å². The average molecular weight is 452 g/mol. The molecule has 1 aromatic rings. The topological polar surface area (TPSA) is 99.0 Å². The molecule has 3 rings (SSSR count). The van der Waals surface area contributed by atoms with Crippen molar-refractivity contribution in [3.05, 3.63) is 33.3 Å². The lowest BCUT2D eigenvalue weighted by Crippen LogP contribution is -2.52. The van der Waals surface area contributed by atoms with E-state index in [4.69, 9.17) is 11.6 Å². The molecule has 2 heterocycles. The van der Waals surface area contributed by atoms with Crippen molar-refractivity contribution in [2.75, 3.05) is 57.7 Å². The number of anilines is 1. The number of amides is 2. The summed E-state index contributed by atoms with van der Waals surface area (Å²) in [6.07, 6.45) is 1.17. The number of likely N-dealkylation sites (tertiary alicyclic amines) is 1. The van der Waals surface area contributed by atoms with Crippen LogP contribution in [0.4, 0.5) is 11.4 Å². The van der Waals surface area contributed by atoms with E-state index in [-0.39, 0.29) is 29.7 Å². The van der Waals surface area contributed by atoms with Crippen LogP contribution in [0.25, 0.3) is 0 Å². The highest BCUT2D eigenvalue weighted by atomic mass is 35.5. The van der Waals surface area contributed by atoms with Crippen molar-refractivity contribution in [1.82, 2.24) is 14.7 Å². The number of carbonyl (C=O) groups is 2. The van der Waals surface area contributed by atoms with Crippen LogP contribution in [0.3, 0.4) is 0 Å². The maximum absolute atomic E-state index is 12.7. The van der Waals surface area contributed by atoms with Gasteiger partial charge < -0.3 is 10.2 Å². The molecule has 0 radical (unpaired) electrons. The normalized spacial score (nSPS) is 22.9. The van der Waals surface area contributed by atoms with E-state index in [9.17, 15) is 19.7 Å². The van der Waals surface area contributed by atoms with Gasteiger partial charge in [-0.05, 0) is 30.4 Å². The zero-order valence-corrected chi connectivity index (χ0v) is 18.8. The van der Waals surface area contributed by atoms with Gasteiger partial charge in [-0.15, -0.1) is 0 Å². The van der Waals surface area contributed by atoms with E-state index in [0.29, 0.717) is 49.6 Å². The second-order valence-corrected chi connectivity index (χ2v) is 9.20. The summed E-state index contributed by atoms with van der Waals surface area (Å²) in [5.74, 6) is 0.931. The van der Waals surface area contributed by atoms with Gasteiger partial charge in [-0.25, -0.2) is 0 Å². The SMILES string of the molecule is CC1CC(C)CN(C(=O)CN2CCN(CC(=O)Nc3cc(Cl)ccc3[N+](=O)[O-])CC2)C1. The number of piperazine rings is 1. The van der Waals surface area contributed by atoms with Gasteiger partial charge in [-0.2, -0.15) is 0 Å². The molecule has 0 aromatic heterocycles. The fourth-order valence-corrected chi connectivity index (χ4v) is 4.60. The van der Waals surface area contributed by atoms with Crippen LogP contribution in [0, 0.1) is 22.0 Å². The van der Waals surface area contributed by atoms with Crippen LogP contribution in [0.2, 0.25) is 5.02 Å². The van der Waals surface area contributed by atoms with Crippen LogP contribution in [-0.2, 0) is 9.59 Å². The summed E-state index contributed by atoms with van der Waals surface area (Å²) in [4.78, 5) is 41.8. The van der Waals surface area contributed by atoms with Crippen molar-refractivity contribution < 1.29 is 14.5 Å². The molecular weight excluding hydrogens is 422 g/mol. The van der Waals surface area contributed by atoms with Gasteiger partial charge in [-0.1, -0.05) is 25.4 Å². The summed E-state index contributed by atoms with van der Waals surface area (Å²) in [5.41, 5.74) is -0.0980.